The molecule has 0 aliphatic carbocycles. The minimum Gasteiger partial charge on any atom is -0.348 e. The summed E-state index contributed by atoms with van der Waals surface area (Å²) in [6, 6.07) is 20.6. The van der Waals surface area contributed by atoms with Gasteiger partial charge in [-0.05, 0) is 47.4 Å². The molecule has 4 N–H and O–H groups in total. The molecule has 1 atom stereocenters. The molecule has 0 radical (unpaired) electrons. The summed E-state index contributed by atoms with van der Waals surface area (Å²) in [7, 11) is 0. The molecule has 0 heterocycles. The van der Waals surface area contributed by atoms with Gasteiger partial charge in [-0.2, -0.15) is 0 Å². The topological polar surface area (TPSA) is 128 Å². The summed E-state index contributed by atoms with van der Waals surface area (Å²) < 4.78 is 0. The third-order valence-corrected chi connectivity index (χ3v) is 6.69. The van der Waals surface area contributed by atoms with Gasteiger partial charge in [0.2, 0.25) is 5.78 Å². The predicted molar refractivity (Wildman–Crippen MR) is 175 cm³/mol. The number of ketones is 1. The van der Waals surface area contributed by atoms with Gasteiger partial charge in [-0.3, -0.25) is 24.6 Å². The third-order valence-electron chi connectivity index (χ3n) is 6.69. The van der Waals surface area contributed by atoms with Crippen LogP contribution in [0.4, 0.5) is 0 Å². The molecule has 3 aromatic carbocycles. The highest BCUT2D eigenvalue weighted by atomic mass is 16.2. The van der Waals surface area contributed by atoms with E-state index in [2.05, 4.69) is 29.1 Å². The average Bonchev–Trinajstić information content (AvgIpc) is 3.04. The molecule has 3 amide bonds. The van der Waals surface area contributed by atoms with Gasteiger partial charge in [-0.25, -0.2) is 0 Å². The van der Waals surface area contributed by atoms with E-state index in [-0.39, 0.29) is 37.2 Å². The molecule has 3 rings (SSSR count). The fraction of sp³-hybridized carbons (Fsp3) is 0.139. The summed E-state index contributed by atoms with van der Waals surface area (Å²) >= 11 is 0. The van der Waals surface area contributed by atoms with Crippen LogP contribution < -0.4 is 16.0 Å². The lowest BCUT2D eigenvalue weighted by molar-refractivity contribution is -0.139. The van der Waals surface area contributed by atoms with Crippen LogP contribution in [0.3, 0.4) is 0 Å². The zero-order valence-electron chi connectivity index (χ0n) is 24.6. The minimum absolute atomic E-state index is 0.0177. The Hall–Kier alpha value is -5.63. The highest BCUT2D eigenvalue weighted by molar-refractivity contribution is 6.49. The molecule has 0 spiro atoms. The molecular weight excluding hydrogens is 552 g/mol. The van der Waals surface area contributed by atoms with Gasteiger partial charge in [0, 0.05) is 24.2 Å². The quantitative estimate of drug-likeness (QED) is 0.0656. The molecular formula is C36H36N4O4. The maximum absolute atomic E-state index is 13.2. The van der Waals surface area contributed by atoms with Crippen molar-refractivity contribution in [2.24, 2.45) is 0 Å². The van der Waals surface area contributed by atoms with Gasteiger partial charge < -0.3 is 16.0 Å². The first-order chi connectivity index (χ1) is 21.3. The number of nitrogens with one attached hydrogen (secondary N) is 4. The van der Waals surface area contributed by atoms with Crippen molar-refractivity contribution >= 4 is 40.0 Å². The Morgan fingerprint density at radius 2 is 1.59 bits per heavy atom. The first-order valence-corrected chi connectivity index (χ1v) is 14.1. The second-order valence-corrected chi connectivity index (χ2v) is 9.74. The van der Waals surface area contributed by atoms with E-state index >= 15 is 0 Å². The third kappa shape index (κ3) is 9.19. The van der Waals surface area contributed by atoms with Crippen molar-refractivity contribution in [3.63, 3.8) is 0 Å². The van der Waals surface area contributed by atoms with Crippen LogP contribution >= 0.6 is 0 Å². The van der Waals surface area contributed by atoms with Gasteiger partial charge in [-0.1, -0.05) is 110 Å². The van der Waals surface area contributed by atoms with E-state index in [9.17, 15) is 19.2 Å². The molecule has 3 aromatic rings. The Bertz CT molecular complexity index is 1660. The monoisotopic (exact) mass is 588 g/mol. The molecule has 0 unspecified atom stereocenters. The number of amides is 3. The maximum Gasteiger partial charge on any atom is 0.309 e. The normalized spacial score (nSPS) is 12.1. The highest BCUT2D eigenvalue weighted by Gasteiger charge is 2.18. The first-order valence-electron chi connectivity index (χ1n) is 14.1. The van der Waals surface area contributed by atoms with Crippen LogP contribution in [0.15, 0.2) is 128 Å². The number of allylic oxidation sites excluding steroid dienone is 7. The molecule has 0 aliphatic heterocycles. The van der Waals surface area contributed by atoms with Gasteiger partial charge in [0.05, 0.1) is 6.04 Å². The molecule has 0 saturated heterocycles. The first kappa shape index (κ1) is 32.9. The number of hydrogen-bond donors (Lipinski definition) is 4. The number of carbonyl (C=O) groups excluding carboxylic acids is 4. The Morgan fingerprint density at radius 1 is 0.886 bits per heavy atom. The van der Waals surface area contributed by atoms with E-state index in [4.69, 9.17) is 5.41 Å². The Balaban J connectivity index is 1.50. The molecule has 0 aliphatic rings. The van der Waals surface area contributed by atoms with Crippen molar-refractivity contribution in [3.8, 4) is 0 Å². The summed E-state index contributed by atoms with van der Waals surface area (Å²) in [4.78, 5) is 50.1. The number of carbonyl (C=O) groups is 4. The van der Waals surface area contributed by atoms with Crippen LogP contribution in [-0.4, -0.2) is 35.8 Å². The molecule has 0 bridgehead atoms. The number of rotatable bonds is 14. The van der Waals surface area contributed by atoms with E-state index < -0.39 is 17.6 Å². The van der Waals surface area contributed by atoms with Crippen LogP contribution in [0.1, 0.15) is 40.9 Å². The van der Waals surface area contributed by atoms with Crippen LogP contribution in [0, 0.1) is 5.41 Å². The Kier molecular flexibility index (Phi) is 12.5. The molecule has 8 nitrogen and oxygen atoms in total. The predicted octanol–water partition coefficient (Wildman–Crippen LogP) is 5.45. The van der Waals surface area contributed by atoms with Gasteiger partial charge in [0.1, 0.15) is 5.71 Å². The Labute approximate surface area is 257 Å². The number of hydrogen-bond acceptors (Lipinski definition) is 5. The lowest BCUT2D eigenvalue weighted by Crippen LogP contribution is -2.40. The standard InChI is InChI=1S/C36H36N4O4/c1-4-6-7-15-26(5-2)33(37)32(41)22-12-13-23-38-35(43)36(44)39-24-28-17-9-11-20-31(28)34(42)40-25(3)29-21-14-18-27-16-8-10-19-30(27)29/h4-12,14-22,25,37H,1-2,13,23-24H2,3H3,(H,38,43)(H,39,44)(H,40,42)/b7-6-,22-12+,26-15+,37-33?/t25-/m1/s1. The lowest BCUT2D eigenvalue weighted by Gasteiger charge is -2.18. The van der Waals surface area contributed by atoms with E-state index in [0.717, 1.165) is 16.3 Å². The average molecular weight is 589 g/mol. The van der Waals surface area contributed by atoms with E-state index in [1.807, 2.05) is 49.4 Å². The molecule has 224 valence electrons. The highest BCUT2D eigenvalue weighted by Crippen LogP contribution is 2.24. The molecule has 0 fully saturated rings. The van der Waals surface area contributed by atoms with Gasteiger partial charge in [-0.15, -0.1) is 0 Å². The fourth-order valence-electron chi connectivity index (χ4n) is 4.39. The van der Waals surface area contributed by atoms with Crippen molar-refractivity contribution in [2.75, 3.05) is 6.54 Å². The largest absolute Gasteiger partial charge is 0.348 e. The SMILES string of the molecule is C=C/C=C\C=C(/C=C)C(=N)C(=O)/C=C/CCNC(=O)C(=O)NCc1ccccc1C(=O)N[C@H](C)c1cccc2ccccc12. The fourth-order valence-corrected chi connectivity index (χ4v) is 4.39. The van der Waals surface area contributed by atoms with Crippen molar-refractivity contribution in [1.82, 2.24) is 16.0 Å². The zero-order valence-corrected chi connectivity index (χ0v) is 24.6. The lowest BCUT2D eigenvalue weighted by atomic mass is 9.99. The molecule has 0 saturated carbocycles. The van der Waals surface area contributed by atoms with E-state index in [1.54, 1.807) is 48.6 Å². The van der Waals surface area contributed by atoms with Crippen molar-refractivity contribution in [1.29, 1.82) is 5.41 Å². The smallest absolute Gasteiger partial charge is 0.309 e. The molecule has 8 heteroatoms. The summed E-state index contributed by atoms with van der Waals surface area (Å²) in [5.41, 5.74) is 2.10. The van der Waals surface area contributed by atoms with Gasteiger partial charge >= 0.3 is 11.8 Å². The van der Waals surface area contributed by atoms with Crippen LogP contribution in [0.5, 0.6) is 0 Å². The van der Waals surface area contributed by atoms with Gasteiger partial charge in [0.25, 0.3) is 5.91 Å². The minimum atomic E-state index is -0.848. The number of benzene rings is 3. The second kappa shape index (κ2) is 16.7. The van der Waals surface area contributed by atoms with Crippen molar-refractivity contribution < 1.29 is 19.2 Å². The van der Waals surface area contributed by atoms with Gasteiger partial charge in [0.15, 0.2) is 0 Å². The zero-order chi connectivity index (χ0) is 31.9. The summed E-state index contributed by atoms with van der Waals surface area (Å²) in [5.74, 6) is -2.49. The van der Waals surface area contributed by atoms with Crippen molar-refractivity contribution in [3.05, 3.63) is 145 Å². The summed E-state index contributed by atoms with van der Waals surface area (Å²) in [6.45, 7) is 9.19. The second-order valence-electron chi connectivity index (χ2n) is 9.74. The molecule has 0 aromatic heterocycles. The van der Waals surface area contributed by atoms with Crippen LogP contribution in [-0.2, 0) is 20.9 Å². The molecule has 44 heavy (non-hydrogen) atoms. The summed E-state index contributed by atoms with van der Waals surface area (Å²) in [5, 5.41) is 18.2. The van der Waals surface area contributed by atoms with E-state index in [1.165, 1.54) is 18.2 Å². The summed E-state index contributed by atoms with van der Waals surface area (Å²) in [6.07, 6.45) is 10.9. The van der Waals surface area contributed by atoms with Crippen LogP contribution in [0.25, 0.3) is 10.8 Å². The van der Waals surface area contributed by atoms with Crippen LogP contribution in [0.2, 0.25) is 0 Å². The maximum atomic E-state index is 13.2. The Morgan fingerprint density at radius 3 is 2.36 bits per heavy atom. The number of fused-ring (bicyclic) bond motifs is 1. The van der Waals surface area contributed by atoms with Crippen molar-refractivity contribution in [2.45, 2.75) is 25.9 Å². The van der Waals surface area contributed by atoms with E-state index in [0.29, 0.717) is 16.7 Å².